The van der Waals surface area contributed by atoms with Crippen LogP contribution in [0.2, 0.25) is 5.02 Å². The number of likely N-dealkylation sites (tertiary alicyclic amines) is 1. The van der Waals surface area contributed by atoms with E-state index in [2.05, 4.69) is 10.2 Å². The van der Waals surface area contributed by atoms with Crippen LogP contribution in [-0.4, -0.2) is 74.1 Å². The monoisotopic (exact) mass is 441 g/mol. The summed E-state index contributed by atoms with van der Waals surface area (Å²) in [5.41, 5.74) is 6.48. The molecule has 1 fully saturated rings. The Balaban J connectivity index is 1.51. The van der Waals surface area contributed by atoms with E-state index in [0.29, 0.717) is 43.4 Å². The van der Waals surface area contributed by atoms with Gasteiger partial charge in [0, 0.05) is 32.2 Å². The van der Waals surface area contributed by atoms with Crippen LogP contribution in [0, 0.1) is 5.92 Å². The van der Waals surface area contributed by atoms with E-state index < -0.39 is 6.10 Å². The van der Waals surface area contributed by atoms with Crippen molar-refractivity contribution >= 4 is 23.2 Å². The van der Waals surface area contributed by atoms with Gasteiger partial charge in [-0.05, 0) is 39.3 Å². The highest BCUT2D eigenvalue weighted by molar-refractivity contribution is 6.35. The summed E-state index contributed by atoms with van der Waals surface area (Å²) in [6, 6.07) is 1.50. The molecule has 1 amide bonds. The van der Waals surface area contributed by atoms with Gasteiger partial charge in [0.2, 0.25) is 0 Å². The molecule has 2 aliphatic heterocycles. The Bertz CT molecular complexity index is 746. The minimum absolute atomic E-state index is 0.00486. The molecule has 8 nitrogen and oxygen atoms in total. The van der Waals surface area contributed by atoms with Gasteiger partial charge in [0.25, 0.3) is 5.91 Å². The minimum atomic E-state index is -0.492. The molecule has 0 bridgehead atoms. The van der Waals surface area contributed by atoms with Gasteiger partial charge >= 0.3 is 0 Å². The third-order valence-corrected chi connectivity index (χ3v) is 5.81. The van der Waals surface area contributed by atoms with E-state index in [9.17, 15) is 9.90 Å². The van der Waals surface area contributed by atoms with Crippen molar-refractivity contribution in [3.63, 3.8) is 0 Å². The molecule has 4 N–H and O–H groups in total. The second-order valence-electron chi connectivity index (χ2n) is 8.08. The van der Waals surface area contributed by atoms with Crippen LogP contribution in [0.4, 0.5) is 5.69 Å². The Kier molecular flexibility index (Phi) is 8.05. The standard InChI is InChI=1S/C21H32ClN3O5/c1-13(2)28-7-3-5-25-6-4-14(17(26)12-25)11-24-21(27)15-10-16(23)18(22)20-19(15)29-8-9-30-20/h10,13-14,17,26H,3-9,11-12,23H2,1-2H3,(H,24,27)/t14-,17?/m0/s1. The summed E-state index contributed by atoms with van der Waals surface area (Å²) in [7, 11) is 0. The number of anilines is 1. The molecule has 2 heterocycles. The van der Waals surface area contributed by atoms with E-state index >= 15 is 0 Å². The summed E-state index contributed by atoms with van der Waals surface area (Å²) in [5.74, 6) is 0.301. The number of nitrogens with zero attached hydrogens (tertiary/aromatic N) is 1. The maximum absolute atomic E-state index is 12.8. The Labute approximate surface area is 182 Å². The number of halogens is 1. The molecule has 1 saturated heterocycles. The third kappa shape index (κ3) is 5.69. The van der Waals surface area contributed by atoms with E-state index in [1.807, 2.05) is 13.8 Å². The van der Waals surface area contributed by atoms with Gasteiger partial charge in [-0.3, -0.25) is 4.79 Å². The van der Waals surface area contributed by atoms with Crippen molar-refractivity contribution in [3.8, 4) is 11.5 Å². The molecule has 0 aliphatic carbocycles. The zero-order chi connectivity index (χ0) is 21.7. The van der Waals surface area contributed by atoms with Gasteiger partial charge in [-0.15, -0.1) is 0 Å². The summed E-state index contributed by atoms with van der Waals surface area (Å²) in [5, 5.41) is 13.7. The lowest BCUT2D eigenvalue weighted by atomic mass is 9.93. The highest BCUT2D eigenvalue weighted by Gasteiger charge is 2.29. The van der Waals surface area contributed by atoms with E-state index in [-0.39, 0.29) is 28.6 Å². The van der Waals surface area contributed by atoms with Crippen LogP contribution in [0.5, 0.6) is 11.5 Å². The molecular weight excluding hydrogens is 410 g/mol. The lowest BCUT2D eigenvalue weighted by Gasteiger charge is -2.36. The molecule has 1 aromatic rings. The smallest absolute Gasteiger partial charge is 0.255 e. The molecule has 30 heavy (non-hydrogen) atoms. The number of hydrogen-bond donors (Lipinski definition) is 3. The van der Waals surface area contributed by atoms with Crippen LogP contribution in [-0.2, 0) is 4.74 Å². The maximum Gasteiger partial charge on any atom is 0.255 e. The fourth-order valence-corrected chi connectivity index (χ4v) is 3.97. The van der Waals surface area contributed by atoms with Gasteiger partial charge in [0.1, 0.15) is 18.2 Å². The van der Waals surface area contributed by atoms with Crippen LogP contribution in [0.15, 0.2) is 6.07 Å². The number of aliphatic hydroxyl groups excluding tert-OH is 1. The zero-order valence-electron chi connectivity index (χ0n) is 17.7. The van der Waals surface area contributed by atoms with Crippen molar-refractivity contribution in [2.45, 2.75) is 38.9 Å². The van der Waals surface area contributed by atoms with Crippen molar-refractivity contribution in [2.75, 3.05) is 51.7 Å². The second-order valence-corrected chi connectivity index (χ2v) is 8.46. The summed E-state index contributed by atoms with van der Waals surface area (Å²) in [6.07, 6.45) is 1.50. The molecule has 9 heteroatoms. The third-order valence-electron chi connectivity index (χ3n) is 5.42. The van der Waals surface area contributed by atoms with Crippen LogP contribution >= 0.6 is 11.6 Å². The van der Waals surface area contributed by atoms with Crippen molar-refractivity contribution in [3.05, 3.63) is 16.7 Å². The van der Waals surface area contributed by atoms with Crippen LogP contribution in [0.3, 0.4) is 0 Å². The van der Waals surface area contributed by atoms with E-state index in [1.54, 1.807) is 0 Å². The van der Waals surface area contributed by atoms with Crippen LogP contribution in [0.1, 0.15) is 37.0 Å². The van der Waals surface area contributed by atoms with Crippen molar-refractivity contribution < 1.29 is 24.1 Å². The predicted molar refractivity (Wildman–Crippen MR) is 115 cm³/mol. The van der Waals surface area contributed by atoms with Crippen LogP contribution < -0.4 is 20.5 Å². The Morgan fingerprint density at radius 2 is 2.13 bits per heavy atom. The summed E-state index contributed by atoms with van der Waals surface area (Å²) >= 11 is 6.17. The number of nitrogen functional groups attached to an aromatic ring is 1. The summed E-state index contributed by atoms with van der Waals surface area (Å²) in [4.78, 5) is 15.0. The van der Waals surface area contributed by atoms with Gasteiger partial charge in [0.05, 0.1) is 23.5 Å². The molecule has 2 aliphatic rings. The van der Waals surface area contributed by atoms with Gasteiger partial charge in [0.15, 0.2) is 11.5 Å². The molecule has 3 rings (SSSR count). The van der Waals surface area contributed by atoms with Crippen molar-refractivity contribution in [2.24, 2.45) is 5.92 Å². The van der Waals surface area contributed by atoms with Gasteiger partial charge in [-0.25, -0.2) is 0 Å². The molecule has 0 spiro atoms. The maximum atomic E-state index is 12.8. The number of benzene rings is 1. The SMILES string of the molecule is CC(C)OCCCN1CC[C@@H](CNC(=O)c2cc(N)c(Cl)c3c2OCCO3)C(O)C1. The first kappa shape index (κ1) is 22.9. The number of nitrogens with two attached hydrogens (primary N) is 1. The topological polar surface area (TPSA) is 106 Å². The van der Waals surface area contributed by atoms with Crippen molar-refractivity contribution in [1.29, 1.82) is 0 Å². The Morgan fingerprint density at radius 1 is 1.40 bits per heavy atom. The number of amides is 1. The second kappa shape index (κ2) is 10.5. The molecule has 1 unspecified atom stereocenters. The number of aliphatic hydroxyl groups is 1. The molecule has 0 saturated carbocycles. The molecule has 168 valence electrons. The molecule has 0 aromatic heterocycles. The molecule has 1 aromatic carbocycles. The van der Waals surface area contributed by atoms with Gasteiger partial charge in [-0.1, -0.05) is 11.6 Å². The number of piperidine rings is 1. The minimum Gasteiger partial charge on any atom is -0.485 e. The predicted octanol–water partition coefficient (Wildman–Crippen LogP) is 1.92. The number of rotatable bonds is 8. The first-order valence-corrected chi connectivity index (χ1v) is 10.9. The fourth-order valence-electron chi connectivity index (χ4n) is 3.78. The molecular formula is C21H32ClN3O5. The lowest BCUT2D eigenvalue weighted by Crippen LogP contribution is -2.48. The number of carbonyl (C=O) groups excluding carboxylic acids is 1. The van der Waals surface area contributed by atoms with E-state index in [0.717, 1.165) is 32.5 Å². The number of hydrogen-bond acceptors (Lipinski definition) is 7. The van der Waals surface area contributed by atoms with E-state index in [4.69, 9.17) is 31.5 Å². The number of fused-ring (bicyclic) bond motifs is 1. The number of β-amino-alcohol motifs (C(OH)–C–C–N with tert-alkyl or cyclic N) is 1. The van der Waals surface area contributed by atoms with Crippen LogP contribution in [0.25, 0.3) is 0 Å². The van der Waals surface area contributed by atoms with E-state index in [1.165, 1.54) is 6.07 Å². The first-order valence-electron chi connectivity index (χ1n) is 10.5. The summed E-state index contributed by atoms with van der Waals surface area (Å²) < 4.78 is 16.7. The quantitative estimate of drug-likeness (QED) is 0.418. The van der Waals surface area contributed by atoms with Gasteiger partial charge in [-0.2, -0.15) is 0 Å². The highest BCUT2D eigenvalue weighted by Crippen LogP contribution is 2.43. The number of carbonyl (C=O) groups is 1. The van der Waals surface area contributed by atoms with Gasteiger partial charge < -0.3 is 35.3 Å². The lowest BCUT2D eigenvalue weighted by molar-refractivity contribution is 0.0145. The zero-order valence-corrected chi connectivity index (χ0v) is 18.4. The largest absolute Gasteiger partial charge is 0.485 e. The molecule has 2 atom stereocenters. The normalized spacial score (nSPS) is 21.6. The fraction of sp³-hybridized carbons (Fsp3) is 0.667. The number of nitrogens with one attached hydrogen (secondary N) is 1. The average Bonchev–Trinajstić information content (AvgIpc) is 2.73. The average molecular weight is 442 g/mol. The highest BCUT2D eigenvalue weighted by atomic mass is 35.5. The summed E-state index contributed by atoms with van der Waals surface area (Å²) in [6.45, 7) is 8.23. The van der Waals surface area contributed by atoms with Crippen molar-refractivity contribution in [1.82, 2.24) is 10.2 Å². The Hall–Kier alpha value is -1.74. The first-order chi connectivity index (χ1) is 14.4. The Morgan fingerprint density at radius 3 is 2.83 bits per heavy atom. The molecule has 0 radical (unpaired) electrons. The number of ether oxygens (including phenoxy) is 3.